The lowest BCUT2D eigenvalue weighted by atomic mass is 9.91. The molecule has 1 saturated carbocycles. The second kappa shape index (κ2) is 7.09. The van der Waals surface area contributed by atoms with Crippen molar-refractivity contribution in [3.63, 3.8) is 0 Å². The van der Waals surface area contributed by atoms with Crippen LogP contribution in [0.3, 0.4) is 0 Å². The number of hydrogen-bond donors (Lipinski definition) is 1. The predicted octanol–water partition coefficient (Wildman–Crippen LogP) is 4.34. The van der Waals surface area contributed by atoms with Crippen LogP contribution in [0.15, 0.2) is 24.3 Å². The first kappa shape index (κ1) is 14.6. The van der Waals surface area contributed by atoms with Gasteiger partial charge in [-0.25, -0.2) is 0 Å². The van der Waals surface area contributed by atoms with Gasteiger partial charge in [0.25, 0.3) is 0 Å². The molecular formula is C18H29N. The van der Waals surface area contributed by atoms with E-state index in [1.54, 1.807) is 0 Å². The fourth-order valence-electron chi connectivity index (χ4n) is 3.44. The Balaban J connectivity index is 2.00. The molecule has 0 radical (unpaired) electrons. The van der Waals surface area contributed by atoms with Crippen molar-refractivity contribution in [3.05, 3.63) is 35.4 Å². The molecule has 0 bridgehead atoms. The molecule has 0 amide bonds. The number of nitrogens with one attached hydrogen (secondary N) is 1. The Kier molecular flexibility index (Phi) is 5.45. The van der Waals surface area contributed by atoms with Crippen LogP contribution in [0.2, 0.25) is 0 Å². The van der Waals surface area contributed by atoms with Crippen molar-refractivity contribution in [2.75, 3.05) is 6.54 Å². The summed E-state index contributed by atoms with van der Waals surface area (Å²) in [4.78, 5) is 0. The van der Waals surface area contributed by atoms with Gasteiger partial charge >= 0.3 is 0 Å². The molecule has 19 heavy (non-hydrogen) atoms. The van der Waals surface area contributed by atoms with E-state index in [0.717, 1.165) is 18.4 Å². The molecule has 1 aromatic rings. The van der Waals surface area contributed by atoms with E-state index in [4.69, 9.17) is 0 Å². The van der Waals surface area contributed by atoms with Crippen molar-refractivity contribution < 1.29 is 0 Å². The molecule has 1 N–H and O–H groups in total. The quantitative estimate of drug-likeness (QED) is 0.801. The molecule has 1 heteroatoms. The van der Waals surface area contributed by atoms with Crippen molar-refractivity contribution in [2.24, 2.45) is 11.8 Å². The minimum Gasteiger partial charge on any atom is -0.313 e. The smallest absolute Gasteiger partial charge is 0.0136 e. The molecule has 0 heterocycles. The molecule has 1 nitrogen and oxygen atoms in total. The third-order valence-electron chi connectivity index (χ3n) is 4.50. The van der Waals surface area contributed by atoms with Gasteiger partial charge in [-0.05, 0) is 56.6 Å². The van der Waals surface area contributed by atoms with E-state index < -0.39 is 0 Å². The van der Waals surface area contributed by atoms with Gasteiger partial charge in [-0.2, -0.15) is 0 Å². The van der Waals surface area contributed by atoms with Gasteiger partial charge in [0, 0.05) is 6.04 Å². The Hall–Kier alpha value is -0.820. The summed E-state index contributed by atoms with van der Waals surface area (Å²) in [7, 11) is 0. The van der Waals surface area contributed by atoms with Crippen LogP contribution in [0.1, 0.15) is 50.7 Å². The third-order valence-corrected chi connectivity index (χ3v) is 4.50. The highest BCUT2D eigenvalue weighted by Gasteiger charge is 2.28. The van der Waals surface area contributed by atoms with Crippen LogP contribution in [-0.4, -0.2) is 12.6 Å². The van der Waals surface area contributed by atoms with Gasteiger partial charge in [-0.15, -0.1) is 0 Å². The first-order valence-corrected chi connectivity index (χ1v) is 7.98. The number of rotatable bonds is 6. The molecule has 2 rings (SSSR count). The zero-order valence-corrected chi connectivity index (χ0v) is 12.8. The monoisotopic (exact) mass is 259 g/mol. The number of benzene rings is 1. The van der Waals surface area contributed by atoms with Gasteiger partial charge in [0.15, 0.2) is 0 Å². The Bertz CT molecular complexity index is 385. The van der Waals surface area contributed by atoms with Gasteiger partial charge in [-0.1, -0.05) is 50.1 Å². The van der Waals surface area contributed by atoms with E-state index >= 15 is 0 Å². The van der Waals surface area contributed by atoms with Crippen LogP contribution < -0.4 is 5.32 Å². The molecule has 3 atom stereocenters. The Morgan fingerprint density at radius 2 is 2.16 bits per heavy atom. The lowest BCUT2D eigenvalue weighted by Gasteiger charge is -2.25. The molecule has 0 saturated heterocycles. The van der Waals surface area contributed by atoms with Crippen LogP contribution >= 0.6 is 0 Å². The fourth-order valence-corrected chi connectivity index (χ4v) is 3.44. The van der Waals surface area contributed by atoms with Crippen LogP contribution in [0.5, 0.6) is 0 Å². The van der Waals surface area contributed by atoms with Crippen molar-refractivity contribution in [1.29, 1.82) is 0 Å². The number of hydrogen-bond acceptors (Lipinski definition) is 1. The van der Waals surface area contributed by atoms with Crippen molar-refractivity contribution >= 4 is 0 Å². The largest absolute Gasteiger partial charge is 0.313 e. The third kappa shape index (κ3) is 4.35. The molecular weight excluding hydrogens is 230 g/mol. The van der Waals surface area contributed by atoms with Gasteiger partial charge in [0.1, 0.15) is 0 Å². The highest BCUT2D eigenvalue weighted by atomic mass is 14.9. The Morgan fingerprint density at radius 1 is 1.32 bits per heavy atom. The normalized spacial score (nSPS) is 24.6. The molecule has 3 unspecified atom stereocenters. The maximum atomic E-state index is 3.80. The minimum atomic E-state index is 0.673. The summed E-state index contributed by atoms with van der Waals surface area (Å²) in [6.07, 6.45) is 6.66. The highest BCUT2D eigenvalue weighted by molar-refractivity contribution is 5.23. The number of aryl methyl sites for hydroxylation is 1. The maximum Gasteiger partial charge on any atom is 0.0136 e. The second-order valence-electron chi connectivity index (χ2n) is 6.43. The van der Waals surface area contributed by atoms with Gasteiger partial charge in [0.05, 0.1) is 0 Å². The summed E-state index contributed by atoms with van der Waals surface area (Å²) in [6, 6.07) is 9.69. The first-order valence-electron chi connectivity index (χ1n) is 7.98. The van der Waals surface area contributed by atoms with Gasteiger partial charge in [0.2, 0.25) is 0 Å². The highest BCUT2D eigenvalue weighted by Crippen LogP contribution is 2.33. The minimum absolute atomic E-state index is 0.673. The fraction of sp³-hybridized carbons (Fsp3) is 0.667. The molecule has 1 aromatic carbocycles. The second-order valence-corrected chi connectivity index (χ2v) is 6.43. The lowest BCUT2D eigenvalue weighted by Crippen LogP contribution is -2.37. The van der Waals surface area contributed by atoms with Crippen molar-refractivity contribution in [3.8, 4) is 0 Å². The standard InChI is InChI=1S/C18H29N/c1-4-10-19-18(17-9-8-15(3)12-17)13-16-7-5-6-14(2)11-16/h5-7,11,15,17-19H,4,8-10,12-13H2,1-3H3. The van der Waals surface area contributed by atoms with Gasteiger partial charge in [-0.3, -0.25) is 0 Å². The SMILES string of the molecule is CCCNC(Cc1cccc(C)c1)C1CCC(C)C1. The summed E-state index contributed by atoms with van der Waals surface area (Å²) in [5.74, 6) is 1.80. The molecule has 0 spiro atoms. The topological polar surface area (TPSA) is 12.0 Å². The van der Waals surface area contributed by atoms with Crippen LogP contribution in [0, 0.1) is 18.8 Å². The Morgan fingerprint density at radius 3 is 2.79 bits per heavy atom. The van der Waals surface area contributed by atoms with E-state index in [2.05, 4.69) is 50.4 Å². The molecule has 106 valence electrons. The van der Waals surface area contributed by atoms with Gasteiger partial charge < -0.3 is 5.32 Å². The van der Waals surface area contributed by atoms with E-state index in [-0.39, 0.29) is 0 Å². The molecule has 1 aliphatic carbocycles. The molecule has 0 aromatic heterocycles. The van der Waals surface area contributed by atoms with E-state index in [9.17, 15) is 0 Å². The van der Waals surface area contributed by atoms with Crippen molar-refractivity contribution in [1.82, 2.24) is 5.32 Å². The average Bonchev–Trinajstić information content (AvgIpc) is 2.81. The molecule has 1 fully saturated rings. The van der Waals surface area contributed by atoms with Crippen molar-refractivity contribution in [2.45, 2.75) is 58.9 Å². The molecule has 1 aliphatic rings. The zero-order chi connectivity index (χ0) is 13.7. The van der Waals surface area contributed by atoms with E-state index in [1.165, 1.54) is 43.2 Å². The first-order chi connectivity index (χ1) is 9.19. The van der Waals surface area contributed by atoms with E-state index in [0.29, 0.717) is 6.04 Å². The van der Waals surface area contributed by atoms with Crippen LogP contribution in [-0.2, 0) is 6.42 Å². The maximum absolute atomic E-state index is 3.80. The molecule has 0 aliphatic heterocycles. The summed E-state index contributed by atoms with van der Waals surface area (Å²) >= 11 is 0. The summed E-state index contributed by atoms with van der Waals surface area (Å²) in [5, 5.41) is 3.80. The summed E-state index contributed by atoms with van der Waals surface area (Å²) < 4.78 is 0. The van der Waals surface area contributed by atoms with E-state index in [1.807, 2.05) is 0 Å². The van der Waals surface area contributed by atoms with Crippen LogP contribution in [0.4, 0.5) is 0 Å². The summed E-state index contributed by atoms with van der Waals surface area (Å²) in [5.41, 5.74) is 2.87. The zero-order valence-electron chi connectivity index (χ0n) is 12.8. The predicted molar refractivity (Wildman–Crippen MR) is 83.5 cm³/mol. The summed E-state index contributed by atoms with van der Waals surface area (Å²) in [6.45, 7) is 8.01. The van der Waals surface area contributed by atoms with Crippen LogP contribution in [0.25, 0.3) is 0 Å². The average molecular weight is 259 g/mol. The lowest BCUT2D eigenvalue weighted by molar-refractivity contribution is 0.348. The Labute approximate surface area is 118 Å².